The van der Waals surface area contributed by atoms with Crippen LogP contribution in [-0.2, 0) is 11.3 Å². The van der Waals surface area contributed by atoms with Crippen LogP contribution in [0.15, 0.2) is 24.4 Å². The number of carbonyl (C=O) groups excluding carboxylic acids is 1. The minimum Gasteiger partial charge on any atom is -0.350 e. The van der Waals surface area contributed by atoms with Gasteiger partial charge in [-0.15, -0.1) is 0 Å². The molecule has 4 nitrogen and oxygen atoms in total. The van der Waals surface area contributed by atoms with Gasteiger partial charge in [-0.1, -0.05) is 25.3 Å². The van der Waals surface area contributed by atoms with Crippen LogP contribution in [0.25, 0.3) is 0 Å². The molecular weight excluding hydrogens is 286 g/mol. The van der Waals surface area contributed by atoms with Crippen molar-refractivity contribution in [2.75, 3.05) is 19.6 Å². The lowest BCUT2D eigenvalue weighted by Gasteiger charge is -2.34. The molecule has 0 unspecified atom stereocenters. The molecule has 1 aliphatic carbocycles. The molecule has 0 bridgehead atoms. The van der Waals surface area contributed by atoms with E-state index < -0.39 is 0 Å². The monoisotopic (exact) mass is 315 g/mol. The molecular formula is C19H29N3O. The number of rotatable bonds is 5. The molecule has 0 spiro atoms. The van der Waals surface area contributed by atoms with Crippen molar-refractivity contribution in [1.82, 2.24) is 15.2 Å². The van der Waals surface area contributed by atoms with Crippen LogP contribution in [0, 0.1) is 11.8 Å². The van der Waals surface area contributed by atoms with Gasteiger partial charge >= 0.3 is 0 Å². The Morgan fingerprint density at radius 1 is 1.13 bits per heavy atom. The van der Waals surface area contributed by atoms with Gasteiger partial charge in [0.25, 0.3) is 0 Å². The van der Waals surface area contributed by atoms with Gasteiger partial charge in [0.05, 0.1) is 12.2 Å². The second-order valence-corrected chi connectivity index (χ2v) is 7.12. The molecule has 1 amide bonds. The van der Waals surface area contributed by atoms with Crippen LogP contribution < -0.4 is 5.32 Å². The van der Waals surface area contributed by atoms with E-state index in [4.69, 9.17) is 0 Å². The van der Waals surface area contributed by atoms with Gasteiger partial charge in [0.2, 0.25) is 5.91 Å². The molecule has 1 saturated carbocycles. The zero-order valence-electron chi connectivity index (χ0n) is 14.0. The summed E-state index contributed by atoms with van der Waals surface area (Å²) in [4.78, 5) is 19.1. The molecule has 1 aromatic rings. The molecule has 0 atom stereocenters. The summed E-state index contributed by atoms with van der Waals surface area (Å²) in [5, 5.41) is 3.04. The molecule has 1 aliphatic heterocycles. The van der Waals surface area contributed by atoms with Crippen LogP contribution in [0.1, 0.15) is 50.6 Å². The normalized spacial score (nSPS) is 21.2. The number of piperidine rings is 1. The van der Waals surface area contributed by atoms with E-state index in [-0.39, 0.29) is 11.8 Å². The summed E-state index contributed by atoms with van der Waals surface area (Å²) in [5.74, 6) is 1.28. The van der Waals surface area contributed by atoms with Gasteiger partial charge in [-0.3, -0.25) is 9.78 Å². The zero-order chi connectivity index (χ0) is 15.9. The summed E-state index contributed by atoms with van der Waals surface area (Å²) in [6, 6.07) is 5.80. The predicted molar refractivity (Wildman–Crippen MR) is 91.8 cm³/mol. The van der Waals surface area contributed by atoms with Crippen molar-refractivity contribution < 1.29 is 4.79 Å². The van der Waals surface area contributed by atoms with E-state index in [1.54, 1.807) is 6.20 Å². The molecule has 3 rings (SSSR count). The van der Waals surface area contributed by atoms with Crippen LogP contribution >= 0.6 is 0 Å². The number of aromatic nitrogens is 1. The van der Waals surface area contributed by atoms with Gasteiger partial charge < -0.3 is 10.2 Å². The van der Waals surface area contributed by atoms with Crippen molar-refractivity contribution in [3.05, 3.63) is 30.1 Å². The third-order valence-corrected chi connectivity index (χ3v) is 5.37. The highest BCUT2D eigenvalue weighted by Gasteiger charge is 2.26. The van der Waals surface area contributed by atoms with E-state index in [9.17, 15) is 4.79 Å². The standard InChI is InChI=1S/C19H29N3O/c23-19(21-14-18-8-4-5-11-20-18)17-9-12-22(13-10-17)15-16-6-2-1-3-7-16/h4-5,8,11,16-17H,1-3,6-7,9-10,12-15H2,(H,21,23). The van der Waals surface area contributed by atoms with E-state index in [2.05, 4.69) is 15.2 Å². The van der Waals surface area contributed by atoms with Gasteiger partial charge in [-0.05, 0) is 56.8 Å². The Hall–Kier alpha value is -1.42. The molecule has 23 heavy (non-hydrogen) atoms. The molecule has 126 valence electrons. The zero-order valence-corrected chi connectivity index (χ0v) is 14.0. The van der Waals surface area contributed by atoms with Crippen LogP contribution in [0.2, 0.25) is 0 Å². The minimum atomic E-state index is 0.182. The highest BCUT2D eigenvalue weighted by atomic mass is 16.1. The summed E-state index contributed by atoms with van der Waals surface area (Å²) < 4.78 is 0. The Morgan fingerprint density at radius 3 is 2.61 bits per heavy atom. The van der Waals surface area contributed by atoms with E-state index in [0.717, 1.165) is 37.5 Å². The minimum absolute atomic E-state index is 0.182. The van der Waals surface area contributed by atoms with Gasteiger partial charge in [0.1, 0.15) is 0 Å². The maximum absolute atomic E-state index is 12.3. The van der Waals surface area contributed by atoms with Crippen LogP contribution in [0.5, 0.6) is 0 Å². The largest absolute Gasteiger partial charge is 0.350 e. The Balaban J connectivity index is 1.37. The molecule has 4 heteroatoms. The molecule has 0 radical (unpaired) electrons. The molecule has 0 aromatic carbocycles. The first-order valence-corrected chi connectivity index (χ1v) is 9.21. The molecule has 2 heterocycles. The first-order valence-electron chi connectivity index (χ1n) is 9.21. The fraction of sp³-hybridized carbons (Fsp3) is 0.684. The first kappa shape index (κ1) is 16.4. The molecule has 1 saturated heterocycles. The predicted octanol–water partition coefficient (Wildman–Crippen LogP) is 2.99. The van der Waals surface area contributed by atoms with Crippen molar-refractivity contribution in [1.29, 1.82) is 0 Å². The number of nitrogens with zero attached hydrogens (tertiary/aromatic N) is 2. The second-order valence-electron chi connectivity index (χ2n) is 7.12. The molecule has 1 aromatic heterocycles. The van der Waals surface area contributed by atoms with Crippen LogP contribution in [-0.4, -0.2) is 35.4 Å². The number of carbonyl (C=O) groups is 1. The Kier molecular flexibility index (Phi) is 6.03. The lowest BCUT2D eigenvalue weighted by atomic mass is 9.88. The summed E-state index contributed by atoms with van der Waals surface area (Å²) in [5.41, 5.74) is 0.926. The van der Waals surface area contributed by atoms with E-state index in [1.165, 1.54) is 38.6 Å². The second kappa shape index (κ2) is 8.44. The average Bonchev–Trinajstić information content (AvgIpc) is 2.62. The molecule has 1 N–H and O–H groups in total. The van der Waals surface area contributed by atoms with Crippen molar-refractivity contribution in [3.63, 3.8) is 0 Å². The van der Waals surface area contributed by atoms with E-state index in [1.807, 2.05) is 18.2 Å². The smallest absolute Gasteiger partial charge is 0.223 e. The van der Waals surface area contributed by atoms with Crippen molar-refractivity contribution in [2.24, 2.45) is 11.8 Å². The molecule has 2 aliphatic rings. The molecule has 2 fully saturated rings. The third kappa shape index (κ3) is 5.03. The number of pyridine rings is 1. The topological polar surface area (TPSA) is 45.2 Å². The highest BCUT2D eigenvalue weighted by molar-refractivity contribution is 5.78. The van der Waals surface area contributed by atoms with Gasteiger partial charge in [0.15, 0.2) is 0 Å². The maximum Gasteiger partial charge on any atom is 0.223 e. The quantitative estimate of drug-likeness (QED) is 0.908. The van der Waals surface area contributed by atoms with Gasteiger partial charge in [-0.2, -0.15) is 0 Å². The SMILES string of the molecule is O=C(NCc1ccccn1)C1CCN(CC2CCCCC2)CC1. The number of amides is 1. The highest BCUT2D eigenvalue weighted by Crippen LogP contribution is 2.26. The van der Waals surface area contributed by atoms with Gasteiger partial charge in [-0.25, -0.2) is 0 Å². The Bertz CT molecular complexity index is 477. The van der Waals surface area contributed by atoms with E-state index in [0.29, 0.717) is 6.54 Å². The van der Waals surface area contributed by atoms with E-state index >= 15 is 0 Å². The summed E-state index contributed by atoms with van der Waals surface area (Å²) in [7, 11) is 0. The fourth-order valence-corrected chi connectivity index (χ4v) is 3.94. The first-order chi connectivity index (χ1) is 11.3. The third-order valence-electron chi connectivity index (χ3n) is 5.37. The number of likely N-dealkylation sites (tertiary alicyclic amines) is 1. The lowest BCUT2D eigenvalue weighted by molar-refractivity contribution is -0.126. The summed E-state index contributed by atoms with van der Waals surface area (Å²) in [6.45, 7) is 3.96. The summed E-state index contributed by atoms with van der Waals surface area (Å²) >= 11 is 0. The van der Waals surface area contributed by atoms with Crippen LogP contribution in [0.3, 0.4) is 0 Å². The van der Waals surface area contributed by atoms with Crippen LogP contribution in [0.4, 0.5) is 0 Å². The Labute approximate surface area is 139 Å². The summed E-state index contributed by atoms with van der Waals surface area (Å²) in [6.07, 6.45) is 10.8. The maximum atomic E-state index is 12.3. The number of hydrogen-bond acceptors (Lipinski definition) is 3. The lowest BCUT2D eigenvalue weighted by Crippen LogP contribution is -2.42. The van der Waals surface area contributed by atoms with Crippen molar-refractivity contribution in [3.8, 4) is 0 Å². The van der Waals surface area contributed by atoms with Gasteiger partial charge in [0, 0.05) is 18.7 Å². The van der Waals surface area contributed by atoms with Crippen molar-refractivity contribution >= 4 is 5.91 Å². The Morgan fingerprint density at radius 2 is 1.91 bits per heavy atom. The number of hydrogen-bond donors (Lipinski definition) is 1. The number of nitrogens with one attached hydrogen (secondary N) is 1. The fourth-order valence-electron chi connectivity index (χ4n) is 3.94. The van der Waals surface area contributed by atoms with Crippen molar-refractivity contribution in [2.45, 2.75) is 51.5 Å². The average molecular weight is 315 g/mol.